The number of aromatic nitrogens is 3. The third-order valence-electron chi connectivity index (χ3n) is 5.46. The molecule has 1 saturated heterocycles. The van der Waals surface area contributed by atoms with Gasteiger partial charge in [-0.25, -0.2) is 4.57 Å². The largest absolute Gasteiger partial charge is 0.494 e. The second kappa shape index (κ2) is 4.31. The van der Waals surface area contributed by atoms with E-state index in [1.165, 1.54) is 4.57 Å². The van der Waals surface area contributed by atoms with Crippen LogP contribution in [0.5, 0.6) is 11.8 Å². The van der Waals surface area contributed by atoms with Gasteiger partial charge >= 0.3 is 0 Å². The van der Waals surface area contributed by atoms with E-state index < -0.39 is 11.2 Å². The topological polar surface area (TPSA) is 104 Å². The number of nitrogens with zero attached hydrogens (tertiary/aromatic N) is 4. The highest BCUT2D eigenvalue weighted by Gasteiger charge is 2.59. The Morgan fingerprint density at radius 2 is 1.72 bits per heavy atom. The van der Waals surface area contributed by atoms with Crippen LogP contribution in [-0.4, -0.2) is 23.5 Å². The first kappa shape index (κ1) is 14.7. The number of fused-ring (bicyclic) bond motifs is 6. The van der Waals surface area contributed by atoms with Crippen molar-refractivity contribution in [2.75, 3.05) is 0 Å². The van der Waals surface area contributed by atoms with Crippen LogP contribution in [0.25, 0.3) is 16.7 Å². The van der Waals surface area contributed by atoms with E-state index in [1.807, 2.05) is 13.8 Å². The number of rotatable bonds is 1. The van der Waals surface area contributed by atoms with Crippen LogP contribution < -0.4 is 0 Å². The van der Waals surface area contributed by atoms with Gasteiger partial charge in [-0.3, -0.25) is 0 Å². The zero-order chi connectivity index (χ0) is 17.6. The Hall–Kier alpha value is -2.63. The van der Waals surface area contributed by atoms with Crippen LogP contribution in [0.2, 0.25) is 0 Å². The normalized spacial score (nSPS) is 26.9. The van der Waals surface area contributed by atoms with Gasteiger partial charge < -0.3 is 14.9 Å². The van der Waals surface area contributed by atoms with Gasteiger partial charge in [-0.15, -0.1) is 0 Å². The molecule has 25 heavy (non-hydrogen) atoms. The van der Waals surface area contributed by atoms with Crippen LogP contribution in [0.15, 0.2) is 12.1 Å². The third kappa shape index (κ3) is 1.57. The van der Waals surface area contributed by atoms with Crippen molar-refractivity contribution in [3.05, 3.63) is 28.8 Å². The first-order chi connectivity index (χ1) is 11.9. The maximum absolute atomic E-state index is 10.9. The van der Waals surface area contributed by atoms with Crippen molar-refractivity contribution in [3.8, 4) is 23.5 Å². The van der Waals surface area contributed by atoms with Crippen LogP contribution >= 0.6 is 11.7 Å². The summed E-state index contributed by atoms with van der Waals surface area (Å²) < 4.78 is 15.9. The van der Waals surface area contributed by atoms with Gasteiger partial charge in [0.1, 0.15) is 17.1 Å². The molecule has 2 aliphatic rings. The SMILES string of the molecule is C[C@]12CC[C@](C)(O1)c1c2c(O)n(-c2ccc(C#N)c3nsnc23)c1O. The summed E-state index contributed by atoms with van der Waals surface area (Å²) in [7, 11) is 0. The zero-order valence-corrected chi connectivity index (χ0v) is 14.4. The van der Waals surface area contributed by atoms with Gasteiger partial charge in [0.25, 0.3) is 0 Å². The second-order valence-electron chi connectivity index (χ2n) is 7.00. The van der Waals surface area contributed by atoms with Gasteiger partial charge in [0.05, 0.1) is 45.3 Å². The molecular weight excluding hydrogens is 340 g/mol. The molecule has 3 aromatic rings. The fourth-order valence-corrected chi connectivity index (χ4v) is 4.90. The number of nitriles is 1. The first-order valence-electron chi connectivity index (χ1n) is 7.93. The third-order valence-corrected chi connectivity index (χ3v) is 5.99. The Labute approximate surface area is 147 Å². The minimum atomic E-state index is -0.608. The number of hydrogen-bond acceptors (Lipinski definition) is 7. The molecule has 2 aromatic heterocycles. The highest BCUT2D eigenvalue weighted by atomic mass is 32.1. The number of aromatic hydroxyl groups is 2. The maximum Gasteiger partial charge on any atom is 0.205 e. The summed E-state index contributed by atoms with van der Waals surface area (Å²) in [5.41, 5.74) is 1.92. The molecule has 2 atom stereocenters. The quantitative estimate of drug-likeness (QED) is 0.696. The predicted molar refractivity (Wildman–Crippen MR) is 89.8 cm³/mol. The minimum Gasteiger partial charge on any atom is -0.494 e. The molecule has 2 bridgehead atoms. The molecule has 0 spiro atoms. The summed E-state index contributed by atoms with van der Waals surface area (Å²) in [5.74, 6) is -0.0881. The van der Waals surface area contributed by atoms with Gasteiger partial charge in [-0.05, 0) is 38.8 Å². The molecular formula is C17H14N4O3S. The smallest absolute Gasteiger partial charge is 0.205 e. The maximum atomic E-state index is 10.9. The number of benzene rings is 1. The van der Waals surface area contributed by atoms with Crippen molar-refractivity contribution in [2.45, 2.75) is 37.9 Å². The fraction of sp³-hybridized carbons (Fsp3) is 0.353. The Morgan fingerprint density at radius 1 is 1.12 bits per heavy atom. The van der Waals surface area contributed by atoms with E-state index in [4.69, 9.17) is 4.74 Å². The lowest BCUT2D eigenvalue weighted by Crippen LogP contribution is -2.17. The van der Waals surface area contributed by atoms with Gasteiger partial charge in [-0.1, -0.05) is 0 Å². The zero-order valence-electron chi connectivity index (χ0n) is 13.6. The summed E-state index contributed by atoms with van der Waals surface area (Å²) in [4.78, 5) is 0. The van der Waals surface area contributed by atoms with Crippen LogP contribution in [-0.2, 0) is 15.9 Å². The van der Waals surface area contributed by atoms with E-state index in [0.29, 0.717) is 33.4 Å². The van der Waals surface area contributed by atoms with Gasteiger partial charge in [0, 0.05) is 0 Å². The average Bonchev–Trinajstić information content (AvgIpc) is 3.28. The number of hydrogen-bond donors (Lipinski definition) is 2. The lowest BCUT2D eigenvalue weighted by atomic mass is 9.80. The van der Waals surface area contributed by atoms with E-state index in [-0.39, 0.29) is 11.8 Å². The number of ether oxygens (including phenoxy) is 1. The van der Waals surface area contributed by atoms with E-state index in [1.54, 1.807) is 12.1 Å². The first-order valence-corrected chi connectivity index (χ1v) is 8.66. The molecule has 0 radical (unpaired) electrons. The molecule has 8 heteroatoms. The van der Waals surface area contributed by atoms with E-state index >= 15 is 0 Å². The molecule has 1 aromatic carbocycles. The van der Waals surface area contributed by atoms with Crippen molar-refractivity contribution < 1.29 is 14.9 Å². The van der Waals surface area contributed by atoms with E-state index in [9.17, 15) is 15.5 Å². The monoisotopic (exact) mass is 354 g/mol. The van der Waals surface area contributed by atoms with E-state index in [0.717, 1.165) is 24.6 Å². The molecule has 2 aliphatic heterocycles. The second-order valence-corrected chi connectivity index (χ2v) is 7.53. The molecule has 0 aliphatic carbocycles. The molecule has 5 rings (SSSR count). The van der Waals surface area contributed by atoms with Crippen LogP contribution in [0.1, 0.15) is 43.4 Å². The summed E-state index contributed by atoms with van der Waals surface area (Å²) in [6.07, 6.45) is 1.57. The average molecular weight is 354 g/mol. The van der Waals surface area contributed by atoms with Crippen molar-refractivity contribution in [3.63, 3.8) is 0 Å². The van der Waals surface area contributed by atoms with Crippen LogP contribution in [0.3, 0.4) is 0 Å². The van der Waals surface area contributed by atoms with E-state index in [2.05, 4.69) is 14.8 Å². The lowest BCUT2D eigenvalue weighted by molar-refractivity contribution is -0.0683. The molecule has 4 heterocycles. The molecule has 0 saturated carbocycles. The summed E-state index contributed by atoms with van der Waals surface area (Å²) in [6.45, 7) is 3.87. The summed E-state index contributed by atoms with van der Waals surface area (Å²) >= 11 is 0.993. The molecule has 1 fully saturated rings. The van der Waals surface area contributed by atoms with Crippen molar-refractivity contribution in [1.82, 2.24) is 13.3 Å². The van der Waals surface area contributed by atoms with Crippen LogP contribution in [0.4, 0.5) is 0 Å². The van der Waals surface area contributed by atoms with Crippen molar-refractivity contribution in [2.24, 2.45) is 0 Å². The molecule has 126 valence electrons. The van der Waals surface area contributed by atoms with Crippen molar-refractivity contribution in [1.29, 1.82) is 5.26 Å². The molecule has 0 amide bonds. The predicted octanol–water partition coefficient (Wildman–Crippen LogP) is 3.02. The minimum absolute atomic E-state index is 0.0440. The molecule has 7 nitrogen and oxygen atoms in total. The molecule has 0 unspecified atom stereocenters. The Kier molecular flexibility index (Phi) is 2.53. The summed E-state index contributed by atoms with van der Waals surface area (Å²) in [5, 5.41) is 31.1. The van der Waals surface area contributed by atoms with Crippen LogP contribution in [0, 0.1) is 11.3 Å². The standard InChI is InChI=1S/C17H14N4O3S/c1-16-5-6-17(2,24-16)11-10(16)14(22)21(15(11)23)9-4-3-8(7-18)12-13(9)20-25-19-12/h3-4,22-23H,5-6H2,1-2H3/t16-,17+. The highest BCUT2D eigenvalue weighted by Crippen LogP contribution is 2.64. The van der Waals surface area contributed by atoms with Gasteiger partial charge in [0.15, 0.2) is 0 Å². The fourth-order valence-electron chi connectivity index (χ4n) is 4.33. The van der Waals surface area contributed by atoms with Crippen molar-refractivity contribution >= 4 is 22.8 Å². The lowest BCUT2D eigenvalue weighted by Gasteiger charge is -2.21. The summed E-state index contributed by atoms with van der Waals surface area (Å²) in [6, 6.07) is 5.38. The molecule has 2 N–H and O–H groups in total. The van der Waals surface area contributed by atoms with Gasteiger partial charge in [-0.2, -0.15) is 14.0 Å². The highest BCUT2D eigenvalue weighted by molar-refractivity contribution is 7.00. The Bertz CT molecular complexity index is 1070. The van der Waals surface area contributed by atoms with Gasteiger partial charge in [0.2, 0.25) is 11.8 Å². The Morgan fingerprint density at radius 3 is 2.32 bits per heavy atom. The Balaban J connectivity index is 1.85.